The van der Waals surface area contributed by atoms with E-state index in [9.17, 15) is 4.79 Å². The molecule has 0 unspecified atom stereocenters. The highest BCUT2D eigenvalue weighted by atomic mass is 32.2. The molecule has 0 radical (unpaired) electrons. The van der Waals surface area contributed by atoms with Crippen LogP contribution >= 0.6 is 11.8 Å². The number of nitrogens with one attached hydrogen (secondary N) is 3. The van der Waals surface area contributed by atoms with Gasteiger partial charge in [-0.15, -0.1) is 11.8 Å². The maximum Gasteiger partial charge on any atom is 0.265 e. The van der Waals surface area contributed by atoms with Crippen molar-refractivity contribution >= 4 is 34.4 Å². The summed E-state index contributed by atoms with van der Waals surface area (Å²) in [4.78, 5) is 17.9. The maximum atomic E-state index is 12.8. The smallest absolute Gasteiger partial charge is 0.265 e. The second kappa shape index (κ2) is 9.43. The highest BCUT2D eigenvalue weighted by Crippen LogP contribution is 2.25. The molecular formula is C23H29N5O2S. The van der Waals surface area contributed by atoms with Crippen molar-refractivity contribution in [3.63, 3.8) is 0 Å². The molecule has 2 aromatic heterocycles. The average Bonchev–Trinajstić information content (AvgIpc) is 3.21. The number of pyridine rings is 1. The second-order valence-electron chi connectivity index (χ2n) is 8.24. The first kappa shape index (κ1) is 22.7. The van der Waals surface area contributed by atoms with Crippen molar-refractivity contribution in [1.29, 1.82) is 0 Å². The number of benzene rings is 1. The van der Waals surface area contributed by atoms with Crippen LogP contribution in [0.4, 0.5) is 5.82 Å². The molecule has 0 aliphatic carbocycles. The Hall–Kier alpha value is -3.00. The topological polar surface area (TPSA) is 91.9 Å². The number of hydrogen-bond donors (Lipinski definition) is 3. The summed E-state index contributed by atoms with van der Waals surface area (Å²) < 4.78 is 5.28. The summed E-state index contributed by atoms with van der Waals surface area (Å²) >= 11 is 1.40. The molecule has 8 heteroatoms. The van der Waals surface area contributed by atoms with Gasteiger partial charge in [-0.25, -0.2) is 0 Å². The van der Waals surface area contributed by atoms with Gasteiger partial charge >= 0.3 is 0 Å². The minimum atomic E-state index is -0.186. The highest BCUT2D eigenvalue weighted by Gasteiger charge is 2.19. The van der Waals surface area contributed by atoms with Crippen LogP contribution in [0, 0.1) is 0 Å². The summed E-state index contributed by atoms with van der Waals surface area (Å²) in [5.41, 5.74) is 3.66. The molecule has 0 aliphatic rings. The lowest BCUT2D eigenvalue weighted by Gasteiger charge is -2.14. The number of methoxy groups -OCH3 is 1. The second-order valence-corrected chi connectivity index (χ2v) is 9.05. The predicted molar refractivity (Wildman–Crippen MR) is 127 cm³/mol. The largest absolute Gasteiger partial charge is 0.497 e. The number of hydrogen-bond acceptors (Lipinski definition) is 6. The number of allylic oxidation sites excluding steroid dienone is 1. The number of amides is 1. The zero-order valence-corrected chi connectivity index (χ0v) is 19.6. The Morgan fingerprint density at radius 3 is 2.65 bits per heavy atom. The molecule has 0 spiro atoms. The minimum Gasteiger partial charge on any atom is -0.497 e. The summed E-state index contributed by atoms with van der Waals surface area (Å²) in [5.74, 6) is 1.10. The van der Waals surface area contributed by atoms with Crippen molar-refractivity contribution in [1.82, 2.24) is 20.5 Å². The maximum absolute atomic E-state index is 12.8. The SMILES string of the molecule is COc1ccc2c(CN/C(C)=C(/SC)C(=O)Nc3cc(C(C)(C)C)[nH]n3)ccnc2c1. The molecular weight excluding hydrogens is 410 g/mol. The van der Waals surface area contributed by atoms with Gasteiger partial charge in [0.15, 0.2) is 5.82 Å². The molecule has 0 saturated heterocycles. The van der Waals surface area contributed by atoms with E-state index >= 15 is 0 Å². The molecule has 164 valence electrons. The predicted octanol–water partition coefficient (Wildman–Crippen LogP) is 4.59. The van der Waals surface area contributed by atoms with E-state index in [0.717, 1.165) is 33.6 Å². The van der Waals surface area contributed by atoms with Crippen molar-refractivity contribution in [3.05, 3.63) is 58.4 Å². The van der Waals surface area contributed by atoms with Crippen molar-refractivity contribution in [2.24, 2.45) is 0 Å². The number of fused-ring (bicyclic) bond motifs is 1. The fourth-order valence-electron chi connectivity index (χ4n) is 3.14. The molecule has 3 rings (SSSR count). The van der Waals surface area contributed by atoms with Gasteiger partial charge in [0.2, 0.25) is 0 Å². The van der Waals surface area contributed by atoms with Gasteiger partial charge in [0.05, 0.1) is 17.5 Å². The third kappa shape index (κ3) is 5.38. The third-order valence-corrected chi connectivity index (χ3v) is 5.86. The quantitative estimate of drug-likeness (QED) is 0.467. The molecule has 2 heterocycles. The first-order valence-electron chi connectivity index (χ1n) is 10.0. The first-order chi connectivity index (χ1) is 14.7. The van der Waals surface area contributed by atoms with E-state index in [1.54, 1.807) is 13.3 Å². The summed E-state index contributed by atoms with van der Waals surface area (Å²) in [7, 11) is 1.64. The lowest BCUT2D eigenvalue weighted by atomic mass is 9.92. The van der Waals surface area contributed by atoms with E-state index < -0.39 is 0 Å². The van der Waals surface area contributed by atoms with Gasteiger partial charge in [0, 0.05) is 47.1 Å². The Balaban J connectivity index is 1.74. The first-order valence-corrected chi connectivity index (χ1v) is 11.2. The number of thioether (sulfide) groups is 1. The number of ether oxygens (including phenoxy) is 1. The number of carbonyl (C=O) groups excluding carboxylic acids is 1. The van der Waals surface area contributed by atoms with Gasteiger partial charge in [-0.1, -0.05) is 20.8 Å². The molecule has 0 bridgehead atoms. The summed E-state index contributed by atoms with van der Waals surface area (Å²) in [5, 5.41) is 14.5. The molecule has 0 aliphatic heterocycles. The number of H-pyrrole nitrogens is 1. The van der Waals surface area contributed by atoms with Crippen LogP contribution in [-0.2, 0) is 16.8 Å². The molecule has 0 atom stereocenters. The van der Waals surface area contributed by atoms with Gasteiger partial charge in [-0.05, 0) is 36.9 Å². The standard InChI is InChI=1S/C23H29N5O2S/c1-14(21(31-6)22(29)26-20-12-19(27-28-20)23(2,3)4)25-13-15-9-10-24-18-11-16(30-5)7-8-17(15)18/h7-12,25H,13H2,1-6H3,(H2,26,27,28,29)/b21-14+. The summed E-state index contributed by atoms with van der Waals surface area (Å²) in [6.07, 6.45) is 3.67. The molecule has 31 heavy (non-hydrogen) atoms. The van der Waals surface area contributed by atoms with Gasteiger partial charge in [-0.3, -0.25) is 14.9 Å². The van der Waals surface area contributed by atoms with Crippen LogP contribution in [0.3, 0.4) is 0 Å². The number of nitrogens with zero attached hydrogens (tertiary/aromatic N) is 2. The van der Waals surface area contributed by atoms with Crippen molar-refractivity contribution in [2.75, 3.05) is 18.7 Å². The van der Waals surface area contributed by atoms with Crippen LogP contribution in [0.15, 0.2) is 47.1 Å². The van der Waals surface area contributed by atoms with Crippen LogP contribution in [-0.4, -0.2) is 34.5 Å². The molecule has 3 N–H and O–H groups in total. The molecule has 1 amide bonds. The Morgan fingerprint density at radius 1 is 1.23 bits per heavy atom. The van der Waals surface area contributed by atoms with E-state index in [-0.39, 0.29) is 11.3 Å². The van der Waals surface area contributed by atoms with Crippen molar-refractivity contribution in [3.8, 4) is 5.75 Å². The van der Waals surface area contributed by atoms with Gasteiger partial charge < -0.3 is 15.4 Å². The van der Waals surface area contributed by atoms with E-state index in [1.807, 2.05) is 43.5 Å². The van der Waals surface area contributed by atoms with Crippen molar-refractivity contribution < 1.29 is 9.53 Å². The van der Waals surface area contributed by atoms with Crippen molar-refractivity contribution in [2.45, 2.75) is 39.7 Å². The van der Waals surface area contributed by atoms with Crippen LogP contribution in [0.25, 0.3) is 10.9 Å². The Kier molecular flexibility index (Phi) is 6.90. The highest BCUT2D eigenvalue weighted by molar-refractivity contribution is 8.03. The summed E-state index contributed by atoms with van der Waals surface area (Å²) in [6.45, 7) is 8.75. The fraction of sp³-hybridized carbons (Fsp3) is 0.348. The molecule has 3 aromatic rings. The molecule has 1 aromatic carbocycles. The van der Waals surface area contributed by atoms with E-state index in [0.29, 0.717) is 17.3 Å². The van der Waals surface area contributed by atoms with E-state index in [1.165, 1.54) is 11.8 Å². The lowest BCUT2D eigenvalue weighted by Crippen LogP contribution is -2.20. The van der Waals surface area contributed by atoms with E-state index in [2.05, 4.69) is 46.6 Å². The third-order valence-electron chi connectivity index (χ3n) is 4.96. The van der Waals surface area contributed by atoms with Crippen LogP contribution < -0.4 is 15.4 Å². The van der Waals surface area contributed by atoms with Gasteiger partial charge in [-0.2, -0.15) is 5.10 Å². The number of aromatic amines is 1. The molecule has 0 fully saturated rings. The number of aromatic nitrogens is 3. The van der Waals surface area contributed by atoms with Crippen LogP contribution in [0.2, 0.25) is 0 Å². The average molecular weight is 440 g/mol. The number of rotatable bonds is 7. The molecule has 7 nitrogen and oxygen atoms in total. The lowest BCUT2D eigenvalue weighted by molar-refractivity contribution is -0.112. The monoisotopic (exact) mass is 439 g/mol. The minimum absolute atomic E-state index is 0.0665. The fourth-order valence-corrected chi connectivity index (χ4v) is 3.75. The zero-order valence-electron chi connectivity index (χ0n) is 18.8. The summed E-state index contributed by atoms with van der Waals surface area (Å²) in [6, 6.07) is 9.69. The Labute approximate surface area is 187 Å². The normalized spacial score (nSPS) is 12.5. The zero-order chi connectivity index (χ0) is 22.6. The Bertz CT molecular complexity index is 1110. The van der Waals surface area contributed by atoms with Crippen LogP contribution in [0.1, 0.15) is 39.0 Å². The van der Waals surface area contributed by atoms with Crippen LogP contribution in [0.5, 0.6) is 5.75 Å². The van der Waals surface area contributed by atoms with Gasteiger partial charge in [0.1, 0.15) is 5.75 Å². The Morgan fingerprint density at radius 2 is 2.00 bits per heavy atom. The number of anilines is 1. The molecule has 0 saturated carbocycles. The van der Waals surface area contributed by atoms with E-state index in [4.69, 9.17) is 4.74 Å². The van der Waals surface area contributed by atoms with Gasteiger partial charge in [0.25, 0.3) is 5.91 Å². The number of carbonyl (C=O) groups is 1.